The van der Waals surface area contributed by atoms with E-state index in [4.69, 9.17) is 0 Å². The summed E-state index contributed by atoms with van der Waals surface area (Å²) >= 11 is 0. The van der Waals surface area contributed by atoms with Gasteiger partial charge in [0, 0.05) is 13.1 Å². The molecule has 4 heteroatoms. The van der Waals surface area contributed by atoms with Gasteiger partial charge in [0.25, 0.3) is 0 Å². The third kappa shape index (κ3) is 2.26. The van der Waals surface area contributed by atoms with Crippen LogP contribution < -0.4 is 0 Å². The van der Waals surface area contributed by atoms with E-state index in [1.54, 1.807) is 4.90 Å². The normalized spacial score (nSPS) is 24.6. The molecule has 2 rings (SSSR count). The van der Waals surface area contributed by atoms with Gasteiger partial charge in [-0.1, -0.05) is 33.1 Å². The second-order valence-electron chi connectivity index (χ2n) is 6.24. The minimum absolute atomic E-state index is 0.132. The molecular weight excluding hydrogens is 242 g/mol. The molecule has 0 spiro atoms. The minimum Gasteiger partial charge on any atom is -0.480 e. The number of piperidine rings is 1. The van der Waals surface area contributed by atoms with Crippen LogP contribution in [0.2, 0.25) is 0 Å². The highest BCUT2D eigenvalue weighted by Crippen LogP contribution is 2.45. The summed E-state index contributed by atoms with van der Waals surface area (Å²) in [6.07, 6.45) is 6.22. The molecular formula is C15H25NO3. The SMILES string of the molecule is CCC1(CC)CCN(C(=O)C2(C(=O)O)CCC2)CC1. The topological polar surface area (TPSA) is 57.6 Å². The highest BCUT2D eigenvalue weighted by Gasteiger charge is 2.53. The zero-order chi connectivity index (χ0) is 14.1. The van der Waals surface area contributed by atoms with Crippen molar-refractivity contribution in [3.05, 3.63) is 0 Å². The molecule has 0 unspecified atom stereocenters. The van der Waals surface area contributed by atoms with Gasteiger partial charge in [0.2, 0.25) is 5.91 Å². The van der Waals surface area contributed by atoms with Gasteiger partial charge in [0.1, 0.15) is 5.41 Å². The van der Waals surface area contributed by atoms with Crippen LogP contribution in [0, 0.1) is 10.8 Å². The Labute approximate surface area is 115 Å². The molecule has 2 aliphatic rings. The van der Waals surface area contributed by atoms with Crippen molar-refractivity contribution in [1.29, 1.82) is 0 Å². The van der Waals surface area contributed by atoms with Gasteiger partial charge in [-0.3, -0.25) is 9.59 Å². The third-order valence-electron chi connectivity index (χ3n) is 5.64. The number of carbonyl (C=O) groups is 2. The van der Waals surface area contributed by atoms with Crippen LogP contribution in [0.15, 0.2) is 0 Å². The van der Waals surface area contributed by atoms with Gasteiger partial charge >= 0.3 is 5.97 Å². The standard InChI is InChI=1S/C15H25NO3/c1-3-14(4-2)8-10-16(11-9-14)12(17)15(13(18)19)6-5-7-15/h3-11H2,1-2H3,(H,18,19). The summed E-state index contributed by atoms with van der Waals surface area (Å²) in [5.41, 5.74) is -0.717. The first-order valence-corrected chi connectivity index (χ1v) is 7.52. The lowest BCUT2D eigenvalue weighted by Crippen LogP contribution is -2.55. The average molecular weight is 267 g/mol. The number of rotatable bonds is 4. The highest BCUT2D eigenvalue weighted by atomic mass is 16.4. The molecule has 1 N–H and O–H groups in total. The molecule has 1 heterocycles. The lowest BCUT2D eigenvalue weighted by molar-refractivity contribution is -0.168. The van der Waals surface area contributed by atoms with Crippen LogP contribution in [-0.4, -0.2) is 35.0 Å². The Kier molecular flexibility index (Phi) is 3.88. The average Bonchev–Trinajstić information content (AvgIpc) is 2.37. The maximum absolute atomic E-state index is 12.5. The van der Waals surface area contributed by atoms with Crippen molar-refractivity contribution in [2.45, 2.75) is 58.8 Å². The predicted molar refractivity (Wildman–Crippen MR) is 72.7 cm³/mol. The lowest BCUT2D eigenvalue weighted by Gasteiger charge is -2.45. The fraction of sp³-hybridized carbons (Fsp3) is 0.867. The van der Waals surface area contributed by atoms with E-state index in [0.29, 0.717) is 18.3 Å². The molecule has 0 aromatic rings. The smallest absolute Gasteiger partial charge is 0.319 e. The van der Waals surface area contributed by atoms with Gasteiger partial charge in [0.15, 0.2) is 0 Å². The molecule has 19 heavy (non-hydrogen) atoms. The van der Waals surface area contributed by atoms with Crippen LogP contribution in [0.1, 0.15) is 58.8 Å². The largest absolute Gasteiger partial charge is 0.480 e. The monoisotopic (exact) mass is 267 g/mol. The molecule has 1 saturated heterocycles. The van der Waals surface area contributed by atoms with Gasteiger partial charge in [-0.25, -0.2) is 0 Å². The number of nitrogens with zero attached hydrogens (tertiary/aromatic N) is 1. The molecule has 1 aliphatic heterocycles. The maximum atomic E-state index is 12.5. The van der Waals surface area contributed by atoms with Crippen molar-refractivity contribution in [3.8, 4) is 0 Å². The fourth-order valence-corrected chi connectivity index (χ4v) is 3.49. The number of hydrogen-bond acceptors (Lipinski definition) is 2. The van der Waals surface area contributed by atoms with Crippen LogP contribution in [0.4, 0.5) is 0 Å². The Balaban J connectivity index is 2.02. The summed E-state index contributed by atoms with van der Waals surface area (Å²) in [5, 5.41) is 9.33. The van der Waals surface area contributed by atoms with Crippen molar-refractivity contribution in [1.82, 2.24) is 4.90 Å². The third-order valence-corrected chi connectivity index (χ3v) is 5.64. The Hall–Kier alpha value is -1.06. The Morgan fingerprint density at radius 1 is 1.05 bits per heavy atom. The van der Waals surface area contributed by atoms with Crippen molar-refractivity contribution in [3.63, 3.8) is 0 Å². The molecule has 4 nitrogen and oxygen atoms in total. The molecule has 0 atom stereocenters. The summed E-state index contributed by atoms with van der Waals surface area (Å²) < 4.78 is 0. The molecule has 1 amide bonds. The van der Waals surface area contributed by atoms with Gasteiger partial charge in [-0.2, -0.15) is 0 Å². The number of aliphatic carboxylic acids is 1. The van der Waals surface area contributed by atoms with Gasteiger partial charge in [-0.15, -0.1) is 0 Å². The molecule has 0 aromatic carbocycles. The molecule has 1 aliphatic carbocycles. The lowest BCUT2D eigenvalue weighted by atomic mass is 9.67. The van der Waals surface area contributed by atoms with Gasteiger partial charge in [-0.05, 0) is 31.1 Å². The highest BCUT2D eigenvalue weighted by molar-refractivity contribution is 6.02. The number of likely N-dealkylation sites (tertiary alicyclic amines) is 1. The second-order valence-corrected chi connectivity index (χ2v) is 6.24. The van der Waals surface area contributed by atoms with E-state index in [1.165, 1.54) is 0 Å². The van der Waals surface area contributed by atoms with Crippen LogP contribution in [0.3, 0.4) is 0 Å². The number of carboxylic acids is 1. The second kappa shape index (κ2) is 5.14. The zero-order valence-corrected chi connectivity index (χ0v) is 12.1. The van der Waals surface area contributed by atoms with E-state index >= 15 is 0 Å². The molecule has 0 bridgehead atoms. The van der Waals surface area contributed by atoms with Gasteiger partial charge in [0.05, 0.1) is 0 Å². The Morgan fingerprint density at radius 2 is 1.58 bits per heavy atom. The van der Waals surface area contributed by atoms with Crippen LogP contribution >= 0.6 is 0 Å². The summed E-state index contributed by atoms with van der Waals surface area (Å²) in [6.45, 7) is 5.89. The minimum atomic E-state index is -1.08. The molecule has 0 aromatic heterocycles. The van der Waals surface area contributed by atoms with E-state index in [1.807, 2.05) is 0 Å². The summed E-state index contributed by atoms with van der Waals surface area (Å²) in [7, 11) is 0. The van der Waals surface area contributed by atoms with Crippen LogP contribution in [0.25, 0.3) is 0 Å². The Bertz CT molecular complexity index is 360. The van der Waals surface area contributed by atoms with E-state index < -0.39 is 11.4 Å². The molecule has 108 valence electrons. The zero-order valence-electron chi connectivity index (χ0n) is 12.1. The molecule has 2 fully saturated rings. The first-order valence-electron chi connectivity index (χ1n) is 7.52. The number of carbonyl (C=O) groups excluding carboxylic acids is 1. The summed E-state index contributed by atoms with van der Waals surface area (Å²) in [6, 6.07) is 0. The number of amides is 1. The van der Waals surface area contributed by atoms with Crippen molar-refractivity contribution in [2.24, 2.45) is 10.8 Å². The summed E-state index contributed by atoms with van der Waals surface area (Å²) in [5.74, 6) is -1.06. The fourth-order valence-electron chi connectivity index (χ4n) is 3.49. The van der Waals surface area contributed by atoms with E-state index in [-0.39, 0.29) is 5.91 Å². The van der Waals surface area contributed by atoms with Crippen molar-refractivity contribution in [2.75, 3.05) is 13.1 Å². The number of hydrogen-bond donors (Lipinski definition) is 1. The van der Waals surface area contributed by atoms with E-state index in [9.17, 15) is 14.7 Å². The van der Waals surface area contributed by atoms with Crippen LogP contribution in [0.5, 0.6) is 0 Å². The van der Waals surface area contributed by atoms with E-state index in [2.05, 4.69) is 13.8 Å². The maximum Gasteiger partial charge on any atom is 0.319 e. The first-order chi connectivity index (χ1) is 8.99. The Morgan fingerprint density at radius 3 is 1.89 bits per heavy atom. The number of carboxylic acid groups (broad SMARTS) is 1. The van der Waals surface area contributed by atoms with E-state index in [0.717, 1.165) is 45.2 Å². The summed E-state index contributed by atoms with van der Waals surface area (Å²) in [4.78, 5) is 25.7. The molecule has 1 saturated carbocycles. The van der Waals surface area contributed by atoms with Crippen molar-refractivity contribution < 1.29 is 14.7 Å². The predicted octanol–water partition coefficient (Wildman–Crippen LogP) is 2.67. The molecule has 0 radical (unpaired) electrons. The van der Waals surface area contributed by atoms with Crippen LogP contribution in [-0.2, 0) is 9.59 Å². The van der Waals surface area contributed by atoms with Gasteiger partial charge < -0.3 is 10.0 Å². The first kappa shape index (κ1) is 14.4. The quantitative estimate of drug-likeness (QED) is 0.797. The van der Waals surface area contributed by atoms with Crippen molar-refractivity contribution >= 4 is 11.9 Å².